The Kier molecular flexibility index (Phi) is 3.26. The Balaban J connectivity index is 2.96. The number of nitrogens with zero attached hydrogens (tertiary/aromatic N) is 2. The van der Waals surface area contributed by atoms with Gasteiger partial charge in [-0.2, -0.15) is 5.26 Å². The van der Waals surface area contributed by atoms with Crippen molar-refractivity contribution in [2.45, 2.75) is 0 Å². The third kappa shape index (κ3) is 2.34. The minimum absolute atomic E-state index is 0.0410. The van der Waals surface area contributed by atoms with E-state index in [2.05, 4.69) is 0 Å². The van der Waals surface area contributed by atoms with Gasteiger partial charge in [-0.1, -0.05) is 11.6 Å². The Bertz CT molecular complexity index is 400. The topological polar surface area (TPSA) is 76.2 Å². The second kappa shape index (κ2) is 4.44. The first-order valence-electron chi connectivity index (χ1n) is 3.59. The molecule has 0 aliphatic rings. The maximum atomic E-state index is 10.4. The van der Waals surface area contributed by atoms with Gasteiger partial charge in [0.25, 0.3) is 5.69 Å². The molecule has 0 aliphatic carbocycles. The van der Waals surface area contributed by atoms with E-state index in [-0.39, 0.29) is 23.1 Å². The Morgan fingerprint density at radius 2 is 2.36 bits per heavy atom. The van der Waals surface area contributed by atoms with Gasteiger partial charge < -0.3 is 4.74 Å². The molecule has 0 atom stereocenters. The summed E-state index contributed by atoms with van der Waals surface area (Å²) < 4.78 is 4.88. The van der Waals surface area contributed by atoms with Crippen molar-refractivity contribution in [1.29, 1.82) is 5.26 Å². The van der Waals surface area contributed by atoms with Crippen LogP contribution in [0.25, 0.3) is 0 Å². The van der Waals surface area contributed by atoms with Gasteiger partial charge in [0.2, 0.25) is 0 Å². The average molecular weight is 213 g/mol. The zero-order valence-electron chi connectivity index (χ0n) is 6.94. The van der Waals surface area contributed by atoms with Gasteiger partial charge in [-0.3, -0.25) is 10.1 Å². The van der Waals surface area contributed by atoms with Crippen LogP contribution in [0.3, 0.4) is 0 Å². The molecule has 0 saturated carbocycles. The Hall–Kier alpha value is -1.80. The molecule has 0 aromatic heterocycles. The lowest BCUT2D eigenvalue weighted by molar-refractivity contribution is -0.384. The van der Waals surface area contributed by atoms with Crippen LogP contribution in [0.15, 0.2) is 18.2 Å². The van der Waals surface area contributed by atoms with Gasteiger partial charge in [0.1, 0.15) is 16.8 Å². The number of nitro benzene ring substituents is 1. The highest BCUT2D eigenvalue weighted by atomic mass is 35.5. The Labute approximate surface area is 84.6 Å². The van der Waals surface area contributed by atoms with Crippen molar-refractivity contribution in [1.82, 2.24) is 0 Å². The Morgan fingerprint density at radius 3 is 2.93 bits per heavy atom. The fourth-order valence-electron chi connectivity index (χ4n) is 0.838. The van der Waals surface area contributed by atoms with E-state index >= 15 is 0 Å². The van der Waals surface area contributed by atoms with Crippen molar-refractivity contribution in [2.24, 2.45) is 0 Å². The summed E-state index contributed by atoms with van der Waals surface area (Å²) in [7, 11) is 0. The van der Waals surface area contributed by atoms with Gasteiger partial charge in [0.05, 0.1) is 11.0 Å². The van der Waals surface area contributed by atoms with Crippen molar-refractivity contribution in [3.8, 4) is 11.8 Å². The summed E-state index contributed by atoms with van der Waals surface area (Å²) in [6, 6.07) is 5.75. The van der Waals surface area contributed by atoms with Crippen LogP contribution in [0.1, 0.15) is 0 Å². The molecule has 0 bridgehead atoms. The summed E-state index contributed by atoms with van der Waals surface area (Å²) >= 11 is 5.56. The molecule has 0 heterocycles. The van der Waals surface area contributed by atoms with Crippen LogP contribution >= 0.6 is 11.6 Å². The van der Waals surface area contributed by atoms with E-state index in [1.807, 2.05) is 0 Å². The molecule has 0 saturated heterocycles. The molecule has 1 aromatic rings. The van der Waals surface area contributed by atoms with Crippen LogP contribution in [0.5, 0.6) is 5.75 Å². The lowest BCUT2D eigenvalue weighted by Gasteiger charge is -2.01. The summed E-state index contributed by atoms with van der Waals surface area (Å²) in [4.78, 5) is 9.84. The fourth-order valence-corrected chi connectivity index (χ4v) is 1.02. The molecule has 1 rings (SSSR count). The number of hydrogen-bond acceptors (Lipinski definition) is 4. The molecule has 6 heteroatoms. The number of nitriles is 1. The molecule has 0 radical (unpaired) electrons. The quantitative estimate of drug-likeness (QED) is 0.568. The van der Waals surface area contributed by atoms with E-state index in [4.69, 9.17) is 21.6 Å². The maximum Gasteiger partial charge on any atom is 0.291 e. The van der Waals surface area contributed by atoms with Crippen molar-refractivity contribution in [3.63, 3.8) is 0 Å². The standard InChI is InChI=1S/C8H5ClN2O3/c9-7-2-1-6(14-4-3-10)5-8(7)11(12)13/h1-2,5H,4H2. The number of halogens is 1. The normalized spacial score (nSPS) is 9.14. The van der Waals surface area contributed by atoms with E-state index in [0.29, 0.717) is 0 Å². The van der Waals surface area contributed by atoms with Crippen molar-refractivity contribution >= 4 is 17.3 Å². The SMILES string of the molecule is N#CCOc1ccc(Cl)c([N+](=O)[O-])c1. The number of nitro groups is 1. The van der Waals surface area contributed by atoms with Gasteiger partial charge >= 0.3 is 0 Å². The zero-order valence-corrected chi connectivity index (χ0v) is 7.69. The second-order valence-corrected chi connectivity index (χ2v) is 2.72. The van der Waals surface area contributed by atoms with Gasteiger partial charge in [-0.15, -0.1) is 0 Å². The van der Waals surface area contributed by atoms with Crippen LogP contribution < -0.4 is 4.74 Å². The van der Waals surface area contributed by atoms with E-state index in [1.165, 1.54) is 18.2 Å². The Morgan fingerprint density at radius 1 is 1.64 bits per heavy atom. The van der Waals surface area contributed by atoms with Crippen LogP contribution in [-0.2, 0) is 0 Å². The fraction of sp³-hybridized carbons (Fsp3) is 0.125. The van der Waals surface area contributed by atoms with E-state index < -0.39 is 4.92 Å². The molecule has 0 fully saturated rings. The van der Waals surface area contributed by atoms with Gasteiger partial charge in [-0.25, -0.2) is 0 Å². The lowest BCUT2D eigenvalue weighted by atomic mass is 10.3. The highest BCUT2D eigenvalue weighted by Crippen LogP contribution is 2.28. The summed E-state index contributed by atoms with van der Waals surface area (Å²) in [5.74, 6) is 0.252. The molecule has 0 aliphatic heterocycles. The molecule has 0 spiro atoms. The summed E-state index contributed by atoms with van der Waals surface area (Å²) in [6.45, 7) is -0.154. The summed E-state index contributed by atoms with van der Waals surface area (Å²) in [5.41, 5.74) is -0.234. The molecule has 0 N–H and O–H groups in total. The van der Waals surface area contributed by atoms with E-state index in [1.54, 1.807) is 6.07 Å². The largest absolute Gasteiger partial charge is 0.478 e. The first kappa shape index (κ1) is 10.3. The summed E-state index contributed by atoms with van der Waals surface area (Å²) in [5, 5.41) is 18.7. The van der Waals surface area contributed by atoms with Crippen molar-refractivity contribution in [2.75, 3.05) is 6.61 Å². The molecular formula is C8H5ClN2O3. The van der Waals surface area contributed by atoms with Gasteiger partial charge in [-0.05, 0) is 12.1 Å². The van der Waals surface area contributed by atoms with Crippen LogP contribution in [0.4, 0.5) is 5.69 Å². The highest BCUT2D eigenvalue weighted by Gasteiger charge is 2.12. The number of ether oxygens (including phenoxy) is 1. The van der Waals surface area contributed by atoms with E-state index in [0.717, 1.165) is 0 Å². The van der Waals surface area contributed by atoms with Gasteiger partial charge in [0.15, 0.2) is 6.61 Å². The molecule has 5 nitrogen and oxygen atoms in total. The number of benzene rings is 1. The minimum atomic E-state index is -0.610. The predicted octanol–water partition coefficient (Wildman–Crippen LogP) is 2.15. The third-order valence-corrected chi connectivity index (χ3v) is 1.74. The minimum Gasteiger partial charge on any atom is -0.478 e. The monoisotopic (exact) mass is 212 g/mol. The molecule has 72 valence electrons. The predicted molar refractivity (Wildman–Crippen MR) is 49.2 cm³/mol. The summed E-state index contributed by atoms with van der Waals surface area (Å²) in [6.07, 6.45) is 0. The van der Waals surface area contributed by atoms with Crippen LogP contribution in [0, 0.1) is 21.4 Å². The third-order valence-electron chi connectivity index (χ3n) is 1.42. The average Bonchev–Trinajstić information content (AvgIpc) is 2.16. The second-order valence-electron chi connectivity index (χ2n) is 2.32. The van der Waals surface area contributed by atoms with E-state index in [9.17, 15) is 10.1 Å². The molecule has 0 unspecified atom stereocenters. The van der Waals surface area contributed by atoms with Crippen molar-refractivity contribution < 1.29 is 9.66 Å². The first-order valence-corrected chi connectivity index (χ1v) is 3.96. The van der Waals surface area contributed by atoms with Crippen LogP contribution in [-0.4, -0.2) is 11.5 Å². The molecule has 14 heavy (non-hydrogen) atoms. The molecule has 1 aromatic carbocycles. The number of hydrogen-bond donors (Lipinski definition) is 0. The maximum absolute atomic E-state index is 10.4. The highest BCUT2D eigenvalue weighted by molar-refractivity contribution is 6.32. The van der Waals surface area contributed by atoms with Crippen molar-refractivity contribution in [3.05, 3.63) is 33.3 Å². The smallest absolute Gasteiger partial charge is 0.291 e. The lowest BCUT2D eigenvalue weighted by Crippen LogP contribution is -1.95. The first-order chi connectivity index (χ1) is 6.65. The molecule has 0 amide bonds. The van der Waals surface area contributed by atoms with Gasteiger partial charge in [0, 0.05) is 0 Å². The molecular weight excluding hydrogens is 208 g/mol. The van der Waals surface area contributed by atoms with Crippen LogP contribution in [0.2, 0.25) is 5.02 Å². The zero-order chi connectivity index (χ0) is 10.6. The number of rotatable bonds is 3.